The second kappa shape index (κ2) is 9.06. The van der Waals surface area contributed by atoms with Gasteiger partial charge in [-0.15, -0.1) is 12.4 Å². The molecule has 1 aromatic carbocycles. The van der Waals surface area contributed by atoms with Crippen LogP contribution in [-0.2, 0) is 11.2 Å². The molecule has 3 nitrogen and oxygen atoms in total. The number of rotatable bonds is 7. The van der Waals surface area contributed by atoms with Gasteiger partial charge in [0.1, 0.15) is 0 Å². The molecule has 0 saturated heterocycles. The summed E-state index contributed by atoms with van der Waals surface area (Å²) in [6, 6.07) is 6.38. The van der Waals surface area contributed by atoms with E-state index < -0.39 is 0 Å². The Hall–Kier alpha value is -1.06. The van der Waals surface area contributed by atoms with Crippen molar-refractivity contribution < 1.29 is 4.79 Å². The molecule has 0 fully saturated rings. The van der Waals surface area contributed by atoms with E-state index in [-0.39, 0.29) is 23.9 Å². The highest BCUT2D eigenvalue weighted by molar-refractivity contribution is 5.85. The summed E-state index contributed by atoms with van der Waals surface area (Å²) in [6.07, 6.45) is 3.04. The molecule has 0 spiro atoms. The number of nitrogens with one attached hydrogen (secondary N) is 1. The van der Waals surface area contributed by atoms with Crippen LogP contribution in [0, 0.1) is 13.8 Å². The molecule has 0 atom stereocenters. The van der Waals surface area contributed by atoms with Crippen LogP contribution >= 0.6 is 12.4 Å². The molecule has 0 heterocycles. The second-order valence-corrected chi connectivity index (χ2v) is 5.67. The van der Waals surface area contributed by atoms with Crippen LogP contribution in [0.5, 0.6) is 0 Å². The molecular formula is C17H29ClN2O. The van der Waals surface area contributed by atoms with E-state index in [0.717, 1.165) is 19.3 Å². The zero-order valence-electron chi connectivity index (χ0n) is 13.7. The van der Waals surface area contributed by atoms with Crippen LogP contribution in [0.15, 0.2) is 18.2 Å². The largest absolute Gasteiger partial charge is 0.349 e. The maximum atomic E-state index is 12.1. The Labute approximate surface area is 135 Å². The third-order valence-corrected chi connectivity index (χ3v) is 4.27. The van der Waals surface area contributed by atoms with Crippen molar-refractivity contribution in [3.8, 4) is 0 Å². The highest BCUT2D eigenvalue weighted by Crippen LogP contribution is 2.15. The van der Waals surface area contributed by atoms with Gasteiger partial charge in [-0.3, -0.25) is 4.79 Å². The number of hydrogen-bond acceptors (Lipinski definition) is 2. The molecule has 0 aliphatic heterocycles. The molecular weight excluding hydrogens is 284 g/mol. The van der Waals surface area contributed by atoms with Gasteiger partial charge in [-0.2, -0.15) is 0 Å². The molecule has 0 bridgehead atoms. The molecule has 0 unspecified atom stereocenters. The molecule has 0 aromatic heterocycles. The maximum Gasteiger partial charge on any atom is 0.220 e. The number of carbonyl (C=O) groups excluding carboxylic acids is 1. The first-order valence-electron chi connectivity index (χ1n) is 7.53. The molecule has 1 aromatic rings. The lowest BCUT2D eigenvalue weighted by molar-refractivity contribution is -0.123. The molecule has 120 valence electrons. The predicted octanol–water partition coefficient (Wildman–Crippen LogP) is 3.29. The molecule has 1 rings (SSSR count). The molecule has 21 heavy (non-hydrogen) atoms. The van der Waals surface area contributed by atoms with E-state index in [1.807, 2.05) is 0 Å². The quantitative estimate of drug-likeness (QED) is 0.811. The number of benzene rings is 1. The van der Waals surface area contributed by atoms with Gasteiger partial charge in [0.2, 0.25) is 5.91 Å². The van der Waals surface area contributed by atoms with E-state index in [1.165, 1.54) is 16.7 Å². The fraction of sp³-hybridized carbons (Fsp3) is 0.588. The first kappa shape index (κ1) is 19.9. The van der Waals surface area contributed by atoms with Gasteiger partial charge in [-0.1, -0.05) is 37.6 Å². The molecule has 1 amide bonds. The summed E-state index contributed by atoms with van der Waals surface area (Å²) in [5, 5.41) is 3.12. The predicted molar refractivity (Wildman–Crippen MR) is 92.0 cm³/mol. The van der Waals surface area contributed by atoms with Crippen LogP contribution in [0.25, 0.3) is 0 Å². The van der Waals surface area contributed by atoms with Crippen molar-refractivity contribution in [2.45, 2.75) is 58.9 Å². The van der Waals surface area contributed by atoms with Crippen LogP contribution in [0.3, 0.4) is 0 Å². The minimum Gasteiger partial charge on any atom is -0.349 e. The smallest absolute Gasteiger partial charge is 0.220 e. The standard InChI is InChI=1S/C17H28N2O.ClH/c1-5-17(6-2,12-18)19-16(20)10-9-15-8-7-13(3)11-14(15)4;/h7-8,11H,5-6,9-10,12,18H2,1-4H3,(H,19,20);1H. The first-order chi connectivity index (χ1) is 9.46. The van der Waals surface area contributed by atoms with Crippen molar-refractivity contribution in [1.29, 1.82) is 0 Å². The molecule has 4 heteroatoms. The third kappa shape index (κ3) is 5.68. The number of halogens is 1. The zero-order valence-corrected chi connectivity index (χ0v) is 14.5. The summed E-state index contributed by atoms with van der Waals surface area (Å²) in [4.78, 5) is 12.1. The normalized spacial score (nSPS) is 10.9. The third-order valence-electron chi connectivity index (χ3n) is 4.27. The number of aryl methyl sites for hydroxylation is 3. The molecule has 0 aliphatic rings. The van der Waals surface area contributed by atoms with Crippen LogP contribution in [-0.4, -0.2) is 18.0 Å². The number of hydrogen-bond donors (Lipinski definition) is 2. The molecule has 0 saturated carbocycles. The zero-order chi connectivity index (χ0) is 15.2. The summed E-state index contributed by atoms with van der Waals surface area (Å²) in [5.41, 5.74) is 9.34. The van der Waals surface area contributed by atoms with Gasteiger partial charge in [0.15, 0.2) is 0 Å². The summed E-state index contributed by atoms with van der Waals surface area (Å²) in [5.74, 6) is 0.0964. The van der Waals surface area contributed by atoms with Gasteiger partial charge in [-0.25, -0.2) is 0 Å². The van der Waals surface area contributed by atoms with E-state index in [9.17, 15) is 4.79 Å². The van der Waals surface area contributed by atoms with Gasteiger partial charge in [0.05, 0.1) is 5.54 Å². The lowest BCUT2D eigenvalue weighted by Crippen LogP contribution is -2.52. The van der Waals surface area contributed by atoms with E-state index in [0.29, 0.717) is 13.0 Å². The molecule has 3 N–H and O–H groups in total. The van der Waals surface area contributed by atoms with Crippen LogP contribution < -0.4 is 11.1 Å². The molecule has 0 radical (unpaired) electrons. The lowest BCUT2D eigenvalue weighted by atomic mass is 9.92. The summed E-state index contributed by atoms with van der Waals surface area (Å²) in [7, 11) is 0. The van der Waals surface area contributed by atoms with Gasteiger partial charge in [0.25, 0.3) is 0 Å². The highest BCUT2D eigenvalue weighted by Gasteiger charge is 2.25. The minimum absolute atomic E-state index is 0. The number of nitrogens with two attached hydrogens (primary N) is 1. The van der Waals surface area contributed by atoms with Crippen molar-refractivity contribution in [3.63, 3.8) is 0 Å². The maximum absolute atomic E-state index is 12.1. The highest BCUT2D eigenvalue weighted by atomic mass is 35.5. The Morgan fingerprint density at radius 3 is 2.33 bits per heavy atom. The van der Waals surface area contributed by atoms with Crippen molar-refractivity contribution in [3.05, 3.63) is 34.9 Å². The van der Waals surface area contributed by atoms with Crippen LogP contribution in [0.1, 0.15) is 49.8 Å². The summed E-state index contributed by atoms with van der Waals surface area (Å²) in [6.45, 7) is 8.82. The second-order valence-electron chi connectivity index (χ2n) is 5.67. The first-order valence-corrected chi connectivity index (χ1v) is 7.53. The Kier molecular flexibility index (Phi) is 8.60. The average molecular weight is 313 g/mol. The Balaban J connectivity index is 0.00000400. The average Bonchev–Trinajstić information content (AvgIpc) is 2.44. The van der Waals surface area contributed by atoms with Crippen LogP contribution in [0.2, 0.25) is 0 Å². The number of carbonyl (C=O) groups is 1. The van der Waals surface area contributed by atoms with Crippen molar-refractivity contribution in [2.75, 3.05) is 6.54 Å². The fourth-order valence-corrected chi connectivity index (χ4v) is 2.50. The summed E-state index contributed by atoms with van der Waals surface area (Å²) >= 11 is 0. The van der Waals surface area contributed by atoms with E-state index in [1.54, 1.807) is 0 Å². The minimum atomic E-state index is -0.237. The van der Waals surface area contributed by atoms with Gasteiger partial charge in [-0.05, 0) is 44.2 Å². The van der Waals surface area contributed by atoms with Crippen molar-refractivity contribution >= 4 is 18.3 Å². The monoisotopic (exact) mass is 312 g/mol. The molecule has 0 aliphatic carbocycles. The van der Waals surface area contributed by atoms with E-state index >= 15 is 0 Å². The van der Waals surface area contributed by atoms with Gasteiger partial charge >= 0.3 is 0 Å². The lowest BCUT2D eigenvalue weighted by Gasteiger charge is -2.31. The van der Waals surface area contributed by atoms with Crippen LogP contribution in [0.4, 0.5) is 0 Å². The van der Waals surface area contributed by atoms with Gasteiger partial charge in [0, 0.05) is 13.0 Å². The topological polar surface area (TPSA) is 55.1 Å². The van der Waals surface area contributed by atoms with Gasteiger partial charge < -0.3 is 11.1 Å². The van der Waals surface area contributed by atoms with Crippen molar-refractivity contribution in [2.24, 2.45) is 5.73 Å². The fourth-order valence-electron chi connectivity index (χ4n) is 2.50. The Morgan fingerprint density at radius 1 is 1.24 bits per heavy atom. The van der Waals surface area contributed by atoms with E-state index in [4.69, 9.17) is 5.73 Å². The number of amides is 1. The SMILES string of the molecule is CCC(CC)(CN)NC(=O)CCc1ccc(C)cc1C.Cl. The Morgan fingerprint density at radius 2 is 1.86 bits per heavy atom. The summed E-state index contributed by atoms with van der Waals surface area (Å²) < 4.78 is 0. The van der Waals surface area contributed by atoms with E-state index in [2.05, 4.69) is 51.2 Å². The Bertz CT molecular complexity index is 448. The van der Waals surface area contributed by atoms with Crippen molar-refractivity contribution in [1.82, 2.24) is 5.32 Å².